The molecule has 1 saturated carbocycles. The molecule has 1 aromatic carbocycles. The summed E-state index contributed by atoms with van der Waals surface area (Å²) in [5, 5.41) is 5.47. The predicted molar refractivity (Wildman–Crippen MR) is 104 cm³/mol. The van der Waals surface area contributed by atoms with Crippen LogP contribution in [0.2, 0.25) is 0 Å². The van der Waals surface area contributed by atoms with Gasteiger partial charge in [-0.3, -0.25) is 4.68 Å². The summed E-state index contributed by atoms with van der Waals surface area (Å²) in [7, 11) is 0. The second-order valence-electron chi connectivity index (χ2n) is 6.59. The fraction of sp³-hybridized carbons (Fsp3) is 0.211. The Hall–Kier alpha value is -2.36. The maximum absolute atomic E-state index is 13.4. The van der Waals surface area contributed by atoms with Crippen LogP contribution in [-0.4, -0.2) is 25.9 Å². The number of rotatable bonds is 3. The monoisotopic (exact) mass is 478 g/mol. The van der Waals surface area contributed by atoms with E-state index >= 15 is 0 Å². The number of fused-ring (bicyclic) bond motifs is 1. The molecule has 5 nitrogen and oxygen atoms in total. The molecule has 0 aliphatic heterocycles. The van der Waals surface area contributed by atoms with E-state index in [1.54, 1.807) is 16.8 Å². The molecule has 5 rings (SSSR count). The lowest BCUT2D eigenvalue weighted by Crippen LogP contribution is -2.28. The smallest absolute Gasteiger partial charge is 0.231 e. The highest BCUT2D eigenvalue weighted by molar-refractivity contribution is 14.1. The summed E-state index contributed by atoms with van der Waals surface area (Å²) >= 11 is 2.09. The molecular weight excluding hydrogens is 465 g/mol. The van der Waals surface area contributed by atoms with Crippen molar-refractivity contribution in [1.82, 2.24) is 19.7 Å². The normalized spacial score (nSPS) is 19.4. The molecule has 0 radical (unpaired) electrons. The first-order chi connectivity index (χ1) is 13.1. The van der Waals surface area contributed by atoms with E-state index in [-0.39, 0.29) is 11.9 Å². The standard InChI is InChI=1S/C19H13F2IN4O/c20-11-3-1-10(2-4-11)17-15(8-26(25-17)13-5-12(21)6-13)18-14-7-16(22)27-19(14)24-9-23-18/h1-4,7-9,12-13H,5-6H2. The van der Waals surface area contributed by atoms with E-state index in [1.165, 1.54) is 18.5 Å². The quantitative estimate of drug-likeness (QED) is 0.382. The van der Waals surface area contributed by atoms with E-state index in [0.717, 1.165) is 16.5 Å². The van der Waals surface area contributed by atoms with Gasteiger partial charge in [-0.15, -0.1) is 0 Å². The molecule has 0 bridgehead atoms. The van der Waals surface area contributed by atoms with Gasteiger partial charge in [-0.1, -0.05) is 0 Å². The van der Waals surface area contributed by atoms with Crippen LogP contribution in [-0.2, 0) is 0 Å². The van der Waals surface area contributed by atoms with Crippen LogP contribution in [0.25, 0.3) is 33.6 Å². The van der Waals surface area contributed by atoms with Crippen LogP contribution in [0.5, 0.6) is 0 Å². The van der Waals surface area contributed by atoms with Crippen molar-refractivity contribution in [3.05, 3.63) is 52.4 Å². The van der Waals surface area contributed by atoms with Crippen LogP contribution in [0.3, 0.4) is 0 Å². The topological polar surface area (TPSA) is 56.7 Å². The van der Waals surface area contributed by atoms with Gasteiger partial charge in [0.1, 0.15) is 24.0 Å². The van der Waals surface area contributed by atoms with E-state index in [1.807, 2.05) is 12.3 Å². The molecule has 0 saturated heterocycles. The number of hydrogen-bond donors (Lipinski definition) is 0. The van der Waals surface area contributed by atoms with Gasteiger partial charge in [0, 0.05) is 36.2 Å². The van der Waals surface area contributed by atoms with Gasteiger partial charge in [-0.2, -0.15) is 5.10 Å². The molecule has 4 aromatic rings. The number of halogens is 3. The van der Waals surface area contributed by atoms with Crippen molar-refractivity contribution in [3.63, 3.8) is 0 Å². The molecule has 1 fully saturated rings. The Morgan fingerprint density at radius 2 is 1.89 bits per heavy atom. The number of benzene rings is 1. The van der Waals surface area contributed by atoms with Crippen LogP contribution >= 0.6 is 22.6 Å². The van der Waals surface area contributed by atoms with Crippen LogP contribution in [0.4, 0.5) is 8.78 Å². The molecule has 27 heavy (non-hydrogen) atoms. The molecule has 3 aromatic heterocycles. The zero-order valence-corrected chi connectivity index (χ0v) is 16.1. The highest BCUT2D eigenvalue weighted by Crippen LogP contribution is 2.39. The zero-order valence-electron chi connectivity index (χ0n) is 13.9. The van der Waals surface area contributed by atoms with Crippen molar-refractivity contribution in [2.75, 3.05) is 0 Å². The van der Waals surface area contributed by atoms with Gasteiger partial charge < -0.3 is 4.42 Å². The lowest BCUT2D eigenvalue weighted by atomic mass is 9.91. The van der Waals surface area contributed by atoms with E-state index in [4.69, 9.17) is 9.52 Å². The van der Waals surface area contributed by atoms with E-state index in [0.29, 0.717) is 33.7 Å². The largest absolute Gasteiger partial charge is 0.432 e. The molecule has 0 atom stereocenters. The molecule has 1 aliphatic rings. The fourth-order valence-corrected chi connectivity index (χ4v) is 3.87. The first-order valence-electron chi connectivity index (χ1n) is 8.48. The van der Waals surface area contributed by atoms with Crippen molar-refractivity contribution in [3.8, 4) is 22.5 Å². The summed E-state index contributed by atoms with van der Waals surface area (Å²) in [6.07, 6.45) is 3.46. The Balaban J connectivity index is 1.70. The van der Waals surface area contributed by atoms with E-state index in [9.17, 15) is 8.78 Å². The SMILES string of the molecule is Fc1ccc(-c2nn(C3CC(F)C3)cc2-c2ncnc3oc(I)cc23)cc1. The summed E-state index contributed by atoms with van der Waals surface area (Å²) in [6, 6.07) is 8.06. The Morgan fingerprint density at radius 1 is 1.11 bits per heavy atom. The third kappa shape index (κ3) is 2.91. The summed E-state index contributed by atoms with van der Waals surface area (Å²) < 4.78 is 34.8. The minimum absolute atomic E-state index is 0.0229. The number of furan rings is 1. The van der Waals surface area contributed by atoms with Gasteiger partial charge in [-0.05, 0) is 46.9 Å². The summed E-state index contributed by atoms with van der Waals surface area (Å²) in [5.74, 6) is -0.312. The van der Waals surface area contributed by atoms with Crippen molar-refractivity contribution < 1.29 is 13.2 Å². The van der Waals surface area contributed by atoms with Crippen molar-refractivity contribution >= 4 is 33.7 Å². The number of alkyl halides is 1. The minimum Gasteiger partial charge on any atom is -0.432 e. The molecule has 0 spiro atoms. The molecule has 0 N–H and O–H groups in total. The first-order valence-corrected chi connectivity index (χ1v) is 9.56. The minimum atomic E-state index is -0.780. The van der Waals surface area contributed by atoms with Crippen LogP contribution in [0.1, 0.15) is 18.9 Å². The lowest BCUT2D eigenvalue weighted by Gasteiger charge is -2.29. The van der Waals surface area contributed by atoms with Gasteiger partial charge in [0.2, 0.25) is 5.71 Å². The second-order valence-corrected chi connectivity index (χ2v) is 7.66. The lowest BCUT2D eigenvalue weighted by molar-refractivity contribution is 0.128. The summed E-state index contributed by atoms with van der Waals surface area (Å²) in [6.45, 7) is 0. The Labute approximate surface area is 166 Å². The van der Waals surface area contributed by atoms with Crippen LogP contribution in [0, 0.1) is 9.58 Å². The first kappa shape index (κ1) is 16.8. The summed E-state index contributed by atoms with van der Waals surface area (Å²) in [5.41, 5.74) is 3.41. The maximum Gasteiger partial charge on any atom is 0.231 e. The Kier molecular flexibility index (Phi) is 3.96. The van der Waals surface area contributed by atoms with Crippen molar-refractivity contribution in [2.45, 2.75) is 25.1 Å². The average Bonchev–Trinajstić information content (AvgIpc) is 3.22. The molecule has 0 amide bonds. The Morgan fingerprint density at radius 3 is 2.63 bits per heavy atom. The van der Waals surface area contributed by atoms with Gasteiger partial charge >= 0.3 is 0 Å². The van der Waals surface area contributed by atoms with E-state index in [2.05, 4.69) is 32.6 Å². The molecule has 1 aliphatic carbocycles. The van der Waals surface area contributed by atoms with E-state index < -0.39 is 6.17 Å². The van der Waals surface area contributed by atoms with Gasteiger partial charge in [0.05, 0.1) is 17.1 Å². The molecule has 0 unspecified atom stereocenters. The van der Waals surface area contributed by atoms with Crippen LogP contribution in [0.15, 0.2) is 47.3 Å². The average molecular weight is 478 g/mol. The third-order valence-corrected chi connectivity index (χ3v) is 5.37. The number of nitrogens with zero attached hydrogens (tertiary/aromatic N) is 4. The molecule has 3 heterocycles. The molecule has 8 heteroatoms. The third-order valence-electron chi connectivity index (χ3n) is 4.83. The zero-order chi connectivity index (χ0) is 18.5. The highest BCUT2D eigenvalue weighted by atomic mass is 127. The van der Waals surface area contributed by atoms with Gasteiger partial charge in [0.15, 0.2) is 3.77 Å². The van der Waals surface area contributed by atoms with Crippen LogP contribution < -0.4 is 0 Å². The highest BCUT2D eigenvalue weighted by Gasteiger charge is 2.32. The fourth-order valence-electron chi connectivity index (χ4n) is 3.35. The number of aromatic nitrogens is 4. The predicted octanol–water partition coefficient (Wildman–Crippen LogP) is 5.17. The Bertz CT molecular complexity index is 1130. The summed E-state index contributed by atoms with van der Waals surface area (Å²) in [4.78, 5) is 8.62. The van der Waals surface area contributed by atoms with Gasteiger partial charge in [0.25, 0.3) is 0 Å². The maximum atomic E-state index is 13.4. The van der Waals surface area contributed by atoms with Crippen molar-refractivity contribution in [2.24, 2.45) is 0 Å². The van der Waals surface area contributed by atoms with Gasteiger partial charge in [-0.25, -0.2) is 18.7 Å². The molecule has 136 valence electrons. The second kappa shape index (κ2) is 6.36. The molecular formula is C19H13F2IN4O. The number of hydrogen-bond acceptors (Lipinski definition) is 4. The van der Waals surface area contributed by atoms with Crippen molar-refractivity contribution in [1.29, 1.82) is 0 Å².